The fraction of sp³-hybridized carbons (Fsp3) is 0.545. The number of imide groups is 1. The molecule has 0 bridgehead atoms. The first-order chi connectivity index (χ1) is 14.9. The van der Waals surface area contributed by atoms with Crippen LogP contribution < -0.4 is 10.6 Å². The zero-order valence-corrected chi connectivity index (χ0v) is 18.0. The van der Waals surface area contributed by atoms with E-state index in [9.17, 15) is 19.2 Å². The number of alkyl carbamates (subject to hydrolysis) is 1. The number of halogens is 1. The number of nitrogens with zero attached hydrogens (tertiary/aromatic N) is 1. The molecule has 1 saturated heterocycles. The Kier molecular flexibility index (Phi) is 6.46. The summed E-state index contributed by atoms with van der Waals surface area (Å²) in [6, 6.07) is 2.71. The number of carbonyl (C=O) groups is 4. The summed E-state index contributed by atoms with van der Waals surface area (Å²) in [5.74, 6) is -0.652. The third kappa shape index (κ3) is 4.84. The molecule has 9 heteroatoms. The minimum absolute atomic E-state index is 0.183. The molecule has 2 fully saturated rings. The molecule has 1 aromatic carbocycles. The van der Waals surface area contributed by atoms with E-state index in [2.05, 4.69) is 10.6 Å². The molecule has 2 heterocycles. The predicted octanol–water partition coefficient (Wildman–Crippen LogP) is 2.91. The van der Waals surface area contributed by atoms with Crippen LogP contribution in [0.4, 0.5) is 4.79 Å². The Morgan fingerprint density at radius 1 is 1.16 bits per heavy atom. The van der Waals surface area contributed by atoms with Gasteiger partial charge in [0.05, 0.1) is 6.61 Å². The lowest BCUT2D eigenvalue weighted by Gasteiger charge is -2.29. The number of nitrogens with one attached hydrogen (secondary N) is 2. The lowest BCUT2D eigenvalue weighted by Crippen LogP contribution is -2.52. The maximum absolute atomic E-state index is 12.9. The van der Waals surface area contributed by atoms with Crippen LogP contribution in [0.2, 0.25) is 5.02 Å². The molecule has 1 aromatic rings. The summed E-state index contributed by atoms with van der Waals surface area (Å²) in [7, 11) is 0. The summed E-state index contributed by atoms with van der Waals surface area (Å²) in [4.78, 5) is 50.0. The van der Waals surface area contributed by atoms with Gasteiger partial charge in [0.1, 0.15) is 6.04 Å². The van der Waals surface area contributed by atoms with E-state index >= 15 is 0 Å². The van der Waals surface area contributed by atoms with Gasteiger partial charge in [-0.1, -0.05) is 30.9 Å². The molecule has 31 heavy (non-hydrogen) atoms. The van der Waals surface area contributed by atoms with Gasteiger partial charge < -0.3 is 15.0 Å². The zero-order valence-electron chi connectivity index (χ0n) is 17.2. The first kappa shape index (κ1) is 21.6. The third-order valence-electron chi connectivity index (χ3n) is 6.27. The van der Waals surface area contributed by atoms with Crippen molar-refractivity contribution in [3.63, 3.8) is 0 Å². The van der Waals surface area contributed by atoms with Crippen molar-refractivity contribution in [3.8, 4) is 0 Å². The standard InChI is InChI=1S/C22H26ClN3O5/c23-17-9-14(10-24-22(30)31-12-13-4-2-1-3-5-13)8-15-16(17)11-26(21(15)29)18-6-7-19(27)25-20(18)28/h8-9,13,18H,1-7,10-12H2,(H,24,30)(H,25,27,28). The number of piperidine rings is 1. The van der Waals surface area contributed by atoms with Gasteiger partial charge >= 0.3 is 6.09 Å². The average Bonchev–Trinajstić information content (AvgIpc) is 3.08. The number of benzene rings is 1. The largest absolute Gasteiger partial charge is 0.449 e. The molecule has 0 aromatic heterocycles. The van der Waals surface area contributed by atoms with Gasteiger partial charge in [-0.2, -0.15) is 0 Å². The van der Waals surface area contributed by atoms with Crippen LogP contribution in [0.25, 0.3) is 0 Å². The quantitative estimate of drug-likeness (QED) is 0.675. The van der Waals surface area contributed by atoms with E-state index < -0.39 is 18.0 Å². The SMILES string of the molecule is O=C1CCC(N2Cc3c(Cl)cc(CNC(=O)OCC4CCCCC4)cc3C2=O)C(=O)N1. The normalized spacial score (nSPS) is 21.6. The van der Waals surface area contributed by atoms with E-state index in [0.29, 0.717) is 40.7 Å². The average molecular weight is 448 g/mol. The monoisotopic (exact) mass is 447 g/mol. The summed E-state index contributed by atoms with van der Waals surface area (Å²) in [5.41, 5.74) is 1.75. The molecule has 2 N–H and O–H groups in total. The van der Waals surface area contributed by atoms with Gasteiger partial charge in [-0.3, -0.25) is 19.7 Å². The topological polar surface area (TPSA) is 105 Å². The predicted molar refractivity (Wildman–Crippen MR) is 112 cm³/mol. The first-order valence-corrected chi connectivity index (χ1v) is 11.2. The van der Waals surface area contributed by atoms with Crippen molar-refractivity contribution in [2.75, 3.05) is 6.61 Å². The molecule has 4 amide bonds. The Labute approximate surface area is 185 Å². The molecule has 1 saturated carbocycles. The molecule has 8 nitrogen and oxygen atoms in total. The van der Waals surface area contributed by atoms with Crippen molar-refractivity contribution < 1.29 is 23.9 Å². The molecule has 0 spiro atoms. The van der Waals surface area contributed by atoms with E-state index in [4.69, 9.17) is 16.3 Å². The van der Waals surface area contributed by atoms with Crippen LogP contribution in [-0.4, -0.2) is 41.4 Å². The van der Waals surface area contributed by atoms with Gasteiger partial charge in [0.25, 0.3) is 5.91 Å². The Balaban J connectivity index is 1.36. The van der Waals surface area contributed by atoms with Crippen LogP contribution in [0.3, 0.4) is 0 Å². The van der Waals surface area contributed by atoms with Crippen molar-refractivity contribution in [2.24, 2.45) is 5.92 Å². The number of hydrogen-bond donors (Lipinski definition) is 2. The molecule has 166 valence electrons. The van der Waals surface area contributed by atoms with Crippen LogP contribution in [0.1, 0.15) is 66.4 Å². The highest BCUT2D eigenvalue weighted by Gasteiger charge is 2.40. The number of hydrogen-bond acceptors (Lipinski definition) is 5. The summed E-state index contributed by atoms with van der Waals surface area (Å²) < 4.78 is 5.33. The highest BCUT2D eigenvalue weighted by Crippen LogP contribution is 2.33. The molecule has 4 rings (SSSR count). The van der Waals surface area contributed by atoms with Crippen LogP contribution in [0.15, 0.2) is 12.1 Å². The lowest BCUT2D eigenvalue weighted by atomic mass is 9.90. The van der Waals surface area contributed by atoms with Gasteiger partial charge in [0.15, 0.2) is 0 Å². The van der Waals surface area contributed by atoms with E-state index in [0.717, 1.165) is 12.8 Å². The minimum atomic E-state index is -0.690. The second kappa shape index (κ2) is 9.26. The van der Waals surface area contributed by atoms with Crippen molar-refractivity contribution in [2.45, 2.75) is 64.1 Å². The van der Waals surface area contributed by atoms with E-state index in [1.54, 1.807) is 12.1 Å². The van der Waals surface area contributed by atoms with Crippen molar-refractivity contribution in [3.05, 3.63) is 33.8 Å². The molecular formula is C22H26ClN3O5. The Bertz CT molecular complexity index is 913. The highest BCUT2D eigenvalue weighted by molar-refractivity contribution is 6.32. The number of carbonyl (C=O) groups excluding carboxylic acids is 4. The van der Waals surface area contributed by atoms with Gasteiger partial charge in [-0.15, -0.1) is 0 Å². The van der Waals surface area contributed by atoms with E-state index in [1.807, 2.05) is 0 Å². The number of fused-ring (bicyclic) bond motifs is 1. The molecule has 2 aliphatic heterocycles. The molecule has 0 radical (unpaired) electrons. The van der Waals surface area contributed by atoms with Gasteiger partial charge in [-0.25, -0.2) is 4.79 Å². The van der Waals surface area contributed by atoms with Crippen molar-refractivity contribution in [1.29, 1.82) is 0 Å². The zero-order chi connectivity index (χ0) is 22.0. The summed E-state index contributed by atoms with van der Waals surface area (Å²) in [5, 5.41) is 5.40. The second-order valence-electron chi connectivity index (χ2n) is 8.46. The number of amides is 4. The number of rotatable bonds is 5. The fourth-order valence-electron chi connectivity index (χ4n) is 4.55. The molecular weight excluding hydrogens is 422 g/mol. The van der Waals surface area contributed by atoms with Crippen LogP contribution in [0, 0.1) is 5.92 Å². The van der Waals surface area contributed by atoms with Crippen LogP contribution in [-0.2, 0) is 27.4 Å². The third-order valence-corrected chi connectivity index (χ3v) is 6.61. The Morgan fingerprint density at radius 3 is 2.68 bits per heavy atom. The summed E-state index contributed by atoms with van der Waals surface area (Å²) in [6.45, 7) is 0.828. The maximum Gasteiger partial charge on any atom is 0.407 e. The minimum Gasteiger partial charge on any atom is -0.449 e. The maximum atomic E-state index is 12.9. The molecule has 1 aliphatic carbocycles. The molecule has 1 unspecified atom stereocenters. The molecule has 1 atom stereocenters. The van der Waals surface area contributed by atoms with Gasteiger partial charge in [0, 0.05) is 35.7 Å². The van der Waals surface area contributed by atoms with E-state index in [1.165, 1.54) is 24.2 Å². The Morgan fingerprint density at radius 2 is 1.94 bits per heavy atom. The smallest absolute Gasteiger partial charge is 0.407 e. The van der Waals surface area contributed by atoms with Crippen LogP contribution in [0.5, 0.6) is 0 Å². The van der Waals surface area contributed by atoms with Crippen LogP contribution >= 0.6 is 11.6 Å². The first-order valence-electron chi connectivity index (χ1n) is 10.8. The summed E-state index contributed by atoms with van der Waals surface area (Å²) >= 11 is 6.40. The lowest BCUT2D eigenvalue weighted by molar-refractivity contribution is -0.136. The van der Waals surface area contributed by atoms with Gasteiger partial charge in [0.2, 0.25) is 11.8 Å². The fourth-order valence-corrected chi connectivity index (χ4v) is 4.85. The summed E-state index contributed by atoms with van der Waals surface area (Å²) in [6.07, 6.45) is 5.82. The van der Waals surface area contributed by atoms with Gasteiger partial charge in [-0.05, 0) is 42.9 Å². The van der Waals surface area contributed by atoms with Crippen molar-refractivity contribution in [1.82, 2.24) is 15.5 Å². The highest BCUT2D eigenvalue weighted by atomic mass is 35.5. The van der Waals surface area contributed by atoms with E-state index in [-0.39, 0.29) is 31.3 Å². The Hall–Kier alpha value is -2.61. The van der Waals surface area contributed by atoms with Crippen molar-refractivity contribution >= 4 is 35.4 Å². The number of ether oxygens (including phenoxy) is 1. The molecule has 3 aliphatic rings. The second-order valence-corrected chi connectivity index (χ2v) is 8.87.